The zero-order valence-corrected chi connectivity index (χ0v) is 16.0. The molecular formula is C22H26N2O4. The van der Waals surface area contributed by atoms with Crippen LogP contribution in [0.1, 0.15) is 29.3 Å². The largest absolute Gasteiger partial charge is 0.450 e. The summed E-state index contributed by atoms with van der Waals surface area (Å²) < 4.78 is 11.2. The Kier molecular flexibility index (Phi) is 7.03. The lowest BCUT2D eigenvalue weighted by molar-refractivity contribution is -0.0282. The highest BCUT2D eigenvalue weighted by Crippen LogP contribution is 2.18. The Morgan fingerprint density at radius 1 is 1.07 bits per heavy atom. The molecule has 2 amide bonds. The fraction of sp³-hybridized carbons (Fsp3) is 0.364. The van der Waals surface area contributed by atoms with Gasteiger partial charge in [0.25, 0.3) is 5.91 Å². The lowest BCUT2D eigenvalue weighted by atomic mass is 10.0. The topological polar surface area (TPSA) is 67.9 Å². The molecule has 1 N–H and O–H groups in total. The molecule has 2 atom stereocenters. The average molecular weight is 382 g/mol. The van der Waals surface area contributed by atoms with Crippen molar-refractivity contribution < 1.29 is 19.1 Å². The molecule has 2 aromatic carbocycles. The van der Waals surface area contributed by atoms with Gasteiger partial charge in [-0.3, -0.25) is 4.79 Å². The number of rotatable bonds is 6. The first-order chi connectivity index (χ1) is 13.7. The predicted molar refractivity (Wildman–Crippen MR) is 106 cm³/mol. The van der Waals surface area contributed by atoms with E-state index in [2.05, 4.69) is 5.32 Å². The van der Waals surface area contributed by atoms with Gasteiger partial charge in [0.2, 0.25) is 0 Å². The molecule has 1 aliphatic heterocycles. The molecule has 3 rings (SSSR count). The van der Waals surface area contributed by atoms with Crippen molar-refractivity contribution in [2.45, 2.75) is 32.1 Å². The van der Waals surface area contributed by atoms with E-state index in [1.807, 2.05) is 48.5 Å². The first kappa shape index (κ1) is 19.9. The molecule has 6 heteroatoms. The maximum atomic E-state index is 12.6. The highest BCUT2D eigenvalue weighted by molar-refractivity contribution is 5.94. The Labute approximate surface area is 165 Å². The lowest BCUT2D eigenvalue weighted by Crippen LogP contribution is -2.56. The van der Waals surface area contributed by atoms with Crippen molar-refractivity contribution in [3.63, 3.8) is 0 Å². The molecule has 0 aliphatic carbocycles. The molecule has 28 heavy (non-hydrogen) atoms. The van der Waals surface area contributed by atoms with Crippen molar-refractivity contribution in [3.05, 3.63) is 71.8 Å². The second-order valence-corrected chi connectivity index (χ2v) is 6.71. The van der Waals surface area contributed by atoms with E-state index in [0.717, 1.165) is 5.56 Å². The highest BCUT2D eigenvalue weighted by atomic mass is 16.6. The molecule has 0 radical (unpaired) electrons. The number of hydrogen-bond donors (Lipinski definition) is 1. The summed E-state index contributed by atoms with van der Waals surface area (Å²) in [5, 5.41) is 3.07. The third-order valence-corrected chi connectivity index (χ3v) is 4.74. The van der Waals surface area contributed by atoms with Gasteiger partial charge in [-0.25, -0.2) is 4.79 Å². The van der Waals surface area contributed by atoms with Gasteiger partial charge in [-0.05, 0) is 31.0 Å². The summed E-state index contributed by atoms with van der Waals surface area (Å²) in [6, 6.07) is 18.8. The Morgan fingerprint density at radius 3 is 2.43 bits per heavy atom. The van der Waals surface area contributed by atoms with E-state index >= 15 is 0 Å². The minimum Gasteiger partial charge on any atom is -0.450 e. The van der Waals surface area contributed by atoms with Gasteiger partial charge in [0, 0.05) is 12.1 Å². The van der Waals surface area contributed by atoms with Crippen molar-refractivity contribution in [1.29, 1.82) is 0 Å². The van der Waals surface area contributed by atoms with E-state index in [1.165, 1.54) is 0 Å². The van der Waals surface area contributed by atoms with Crippen LogP contribution in [0.15, 0.2) is 60.7 Å². The van der Waals surface area contributed by atoms with Crippen molar-refractivity contribution in [3.8, 4) is 0 Å². The van der Waals surface area contributed by atoms with Gasteiger partial charge in [-0.1, -0.05) is 48.5 Å². The normalized spacial score (nSPS) is 19.1. The van der Waals surface area contributed by atoms with Crippen molar-refractivity contribution in [2.75, 3.05) is 19.7 Å². The third kappa shape index (κ3) is 5.33. The number of nitrogens with zero attached hydrogens (tertiary/aromatic N) is 1. The monoisotopic (exact) mass is 382 g/mol. The van der Waals surface area contributed by atoms with Crippen LogP contribution in [0.5, 0.6) is 0 Å². The Morgan fingerprint density at radius 2 is 1.75 bits per heavy atom. The number of ether oxygens (including phenoxy) is 2. The van der Waals surface area contributed by atoms with Crippen LogP contribution < -0.4 is 5.32 Å². The van der Waals surface area contributed by atoms with E-state index in [0.29, 0.717) is 38.3 Å². The van der Waals surface area contributed by atoms with Gasteiger partial charge in [0.15, 0.2) is 0 Å². The van der Waals surface area contributed by atoms with Crippen LogP contribution in [0.3, 0.4) is 0 Å². The van der Waals surface area contributed by atoms with Gasteiger partial charge in [0.05, 0.1) is 31.9 Å². The fourth-order valence-electron chi connectivity index (χ4n) is 3.25. The van der Waals surface area contributed by atoms with E-state index in [4.69, 9.17) is 9.47 Å². The third-order valence-electron chi connectivity index (χ3n) is 4.74. The van der Waals surface area contributed by atoms with E-state index in [9.17, 15) is 9.59 Å². The van der Waals surface area contributed by atoms with Gasteiger partial charge < -0.3 is 19.7 Å². The van der Waals surface area contributed by atoms with Crippen LogP contribution in [-0.4, -0.2) is 48.7 Å². The van der Waals surface area contributed by atoms with E-state index < -0.39 is 0 Å². The number of hydrogen-bond acceptors (Lipinski definition) is 4. The molecule has 2 unspecified atom stereocenters. The predicted octanol–water partition coefficient (Wildman–Crippen LogP) is 3.23. The summed E-state index contributed by atoms with van der Waals surface area (Å²) in [5.41, 5.74) is 1.65. The molecule has 0 bridgehead atoms. The quantitative estimate of drug-likeness (QED) is 0.833. The van der Waals surface area contributed by atoms with Gasteiger partial charge in [-0.2, -0.15) is 0 Å². The first-order valence-electron chi connectivity index (χ1n) is 9.60. The maximum absolute atomic E-state index is 12.6. The average Bonchev–Trinajstić information content (AvgIpc) is 2.74. The molecule has 0 saturated carbocycles. The molecule has 1 saturated heterocycles. The molecule has 0 spiro atoms. The number of nitrogens with one attached hydrogen (secondary N) is 1. The summed E-state index contributed by atoms with van der Waals surface area (Å²) in [4.78, 5) is 26.4. The molecule has 0 aromatic heterocycles. The van der Waals surface area contributed by atoms with Crippen molar-refractivity contribution in [2.24, 2.45) is 0 Å². The summed E-state index contributed by atoms with van der Waals surface area (Å²) in [5.74, 6) is -0.136. The molecule has 148 valence electrons. The standard InChI is InChI=1S/C22H26N2O4/c1-2-27-22(26)24-14-13-19(23-21(25)18-11-7-4-8-12-18)20(15-24)28-16-17-9-5-3-6-10-17/h3-12,19-20H,2,13-16H2,1H3,(H,23,25). The molecule has 1 heterocycles. The Balaban J connectivity index is 1.67. The van der Waals surface area contributed by atoms with Crippen molar-refractivity contribution >= 4 is 12.0 Å². The minimum absolute atomic E-state index is 0.136. The second kappa shape index (κ2) is 9.90. The smallest absolute Gasteiger partial charge is 0.409 e. The van der Waals surface area contributed by atoms with Crippen LogP contribution in [0, 0.1) is 0 Å². The lowest BCUT2D eigenvalue weighted by Gasteiger charge is -2.38. The number of likely N-dealkylation sites (tertiary alicyclic amines) is 1. The molecule has 2 aromatic rings. The molecule has 1 aliphatic rings. The Bertz CT molecular complexity index is 767. The van der Waals surface area contributed by atoms with Crippen LogP contribution in [-0.2, 0) is 16.1 Å². The second-order valence-electron chi connectivity index (χ2n) is 6.71. The molecule has 1 fully saturated rings. The number of benzene rings is 2. The van der Waals surface area contributed by atoms with Gasteiger partial charge in [0.1, 0.15) is 0 Å². The minimum atomic E-state index is -0.344. The van der Waals surface area contributed by atoms with E-state index in [-0.39, 0.29) is 24.1 Å². The molecular weight excluding hydrogens is 356 g/mol. The fourth-order valence-corrected chi connectivity index (χ4v) is 3.25. The van der Waals surface area contributed by atoms with Gasteiger partial charge >= 0.3 is 6.09 Å². The molecule has 6 nitrogen and oxygen atoms in total. The van der Waals surface area contributed by atoms with Crippen LogP contribution in [0.4, 0.5) is 4.79 Å². The highest BCUT2D eigenvalue weighted by Gasteiger charge is 2.34. The summed E-state index contributed by atoms with van der Waals surface area (Å²) in [7, 11) is 0. The number of piperidine rings is 1. The SMILES string of the molecule is CCOC(=O)N1CCC(NC(=O)c2ccccc2)C(OCc2ccccc2)C1. The van der Waals surface area contributed by atoms with E-state index in [1.54, 1.807) is 24.0 Å². The summed E-state index contributed by atoms with van der Waals surface area (Å²) in [6.45, 7) is 3.43. The number of carbonyl (C=O) groups is 2. The summed E-state index contributed by atoms with van der Waals surface area (Å²) in [6.07, 6.45) is -0.0497. The number of carbonyl (C=O) groups excluding carboxylic acids is 2. The van der Waals surface area contributed by atoms with Crippen LogP contribution in [0.25, 0.3) is 0 Å². The Hall–Kier alpha value is -2.86. The van der Waals surface area contributed by atoms with Crippen LogP contribution in [0.2, 0.25) is 0 Å². The zero-order chi connectivity index (χ0) is 19.8. The maximum Gasteiger partial charge on any atom is 0.409 e. The summed E-state index contributed by atoms with van der Waals surface area (Å²) >= 11 is 0. The van der Waals surface area contributed by atoms with Crippen LogP contribution >= 0.6 is 0 Å². The first-order valence-corrected chi connectivity index (χ1v) is 9.60. The number of amides is 2. The van der Waals surface area contributed by atoms with Gasteiger partial charge in [-0.15, -0.1) is 0 Å². The zero-order valence-electron chi connectivity index (χ0n) is 16.0. The van der Waals surface area contributed by atoms with Crippen molar-refractivity contribution in [1.82, 2.24) is 10.2 Å².